The predicted octanol–water partition coefficient (Wildman–Crippen LogP) is 5.10. The minimum atomic E-state index is -4.60. The zero-order chi connectivity index (χ0) is 33.3. The quantitative estimate of drug-likeness (QED) is 0.283. The number of aromatic nitrogens is 3. The number of pyridine rings is 1. The molecule has 2 aliphatic rings. The molecular weight excluding hydrogens is 638 g/mol. The van der Waals surface area contributed by atoms with Gasteiger partial charge in [0.05, 0.1) is 30.2 Å². The number of alkyl halides is 3. The number of hydrogen-bond donors (Lipinski definition) is 2. The fourth-order valence-electron chi connectivity index (χ4n) is 5.08. The van der Waals surface area contributed by atoms with E-state index in [-0.39, 0.29) is 11.4 Å². The van der Waals surface area contributed by atoms with Gasteiger partial charge in [0.15, 0.2) is 16.6 Å². The maximum absolute atomic E-state index is 14.0. The summed E-state index contributed by atoms with van der Waals surface area (Å²) in [7, 11) is 0. The van der Waals surface area contributed by atoms with E-state index < -0.39 is 18.0 Å². The molecule has 1 unspecified atom stereocenters. The lowest BCUT2D eigenvalue weighted by atomic mass is 10.0. The van der Waals surface area contributed by atoms with Crippen molar-refractivity contribution in [2.24, 2.45) is 4.99 Å². The van der Waals surface area contributed by atoms with E-state index in [0.717, 1.165) is 55.9 Å². The number of ether oxygens (including phenoxy) is 1. The van der Waals surface area contributed by atoms with E-state index in [1.165, 1.54) is 28.9 Å². The number of aliphatic imine (C=N–C) groups is 1. The minimum Gasteiger partial charge on any atom is -0.384 e. The van der Waals surface area contributed by atoms with Gasteiger partial charge in [-0.05, 0) is 38.3 Å². The topological polar surface area (TPSA) is 125 Å². The summed E-state index contributed by atoms with van der Waals surface area (Å²) >= 11 is 2.96. The number of morpholine rings is 1. The average molecular weight is 681 g/mol. The van der Waals surface area contributed by atoms with Gasteiger partial charge in [-0.15, -0.1) is 22.7 Å². The summed E-state index contributed by atoms with van der Waals surface area (Å²) < 4.78 is 47.4. The van der Waals surface area contributed by atoms with Crippen LogP contribution in [0.25, 0.3) is 5.70 Å². The first-order chi connectivity index (χ1) is 22.1. The monoisotopic (exact) mass is 680 g/mol. The Bertz CT molecular complexity index is 1450. The van der Waals surface area contributed by atoms with E-state index >= 15 is 0 Å². The third-order valence-corrected chi connectivity index (χ3v) is 9.40. The molecule has 11 nitrogen and oxygen atoms in total. The van der Waals surface area contributed by atoms with Crippen molar-refractivity contribution in [1.29, 1.82) is 0 Å². The molecule has 46 heavy (non-hydrogen) atoms. The van der Waals surface area contributed by atoms with Gasteiger partial charge < -0.3 is 16.2 Å². The number of anilines is 3. The standard InChI is InChI=1S/C22H28F3N7OS.C8H15N3S/c1-3-30(4-2)14-15-12-29-21(34-15)32-18(5-6-27-20(32)31-7-9-33-10-8-31)16-13-28-19(26)11-17(16)22(23,24)25;1-3-11(4-2)5-7-6-12-8(9)10-7/h5-6,11-13,20H,3-4,7-10,14H2,1-2H3,(H2,26,28);6H,3-5H2,1-2H3,(H2,9,10). The summed E-state index contributed by atoms with van der Waals surface area (Å²) in [5.41, 5.74) is 11.6. The van der Waals surface area contributed by atoms with Crippen molar-refractivity contribution in [3.8, 4) is 0 Å². The Morgan fingerprint density at radius 3 is 2.26 bits per heavy atom. The van der Waals surface area contributed by atoms with Crippen LogP contribution in [0.1, 0.15) is 49.4 Å². The van der Waals surface area contributed by atoms with Gasteiger partial charge in [-0.25, -0.2) is 15.0 Å². The van der Waals surface area contributed by atoms with Gasteiger partial charge in [0.25, 0.3) is 0 Å². The van der Waals surface area contributed by atoms with Crippen LogP contribution in [-0.2, 0) is 24.0 Å². The van der Waals surface area contributed by atoms with E-state index in [1.54, 1.807) is 23.4 Å². The molecule has 2 aliphatic heterocycles. The lowest BCUT2D eigenvalue weighted by Crippen LogP contribution is -2.52. The number of nitrogens with zero attached hydrogens (tertiary/aromatic N) is 8. The number of allylic oxidation sites excluding steroid dienone is 1. The Hall–Kier alpha value is -3.15. The van der Waals surface area contributed by atoms with E-state index in [2.05, 4.69) is 62.3 Å². The van der Waals surface area contributed by atoms with Crippen LogP contribution in [0.5, 0.6) is 0 Å². The van der Waals surface area contributed by atoms with Crippen molar-refractivity contribution in [3.05, 3.63) is 51.6 Å². The van der Waals surface area contributed by atoms with Crippen LogP contribution in [0, 0.1) is 0 Å². The number of hydrogen-bond acceptors (Lipinski definition) is 13. The fourth-order valence-corrected chi connectivity index (χ4v) is 6.62. The molecule has 3 aromatic heterocycles. The SMILES string of the molecule is CCN(CC)Cc1cnc(N2C(c3cnc(N)cc3C(F)(F)F)=CC=NC2N2CCOCC2)s1.CCN(CC)Cc1csc(N)n1. The highest BCUT2D eigenvalue weighted by Crippen LogP contribution is 2.41. The molecule has 5 heterocycles. The highest BCUT2D eigenvalue weighted by atomic mass is 32.1. The molecule has 1 fully saturated rings. The molecule has 0 saturated carbocycles. The van der Waals surface area contributed by atoms with Gasteiger partial charge in [-0.2, -0.15) is 13.2 Å². The van der Waals surface area contributed by atoms with Crippen LogP contribution in [0.4, 0.5) is 29.3 Å². The fraction of sp³-hybridized carbons (Fsp3) is 0.533. The van der Waals surface area contributed by atoms with E-state index in [4.69, 9.17) is 16.2 Å². The third kappa shape index (κ3) is 9.23. The Morgan fingerprint density at radius 1 is 0.978 bits per heavy atom. The third-order valence-electron chi connectivity index (χ3n) is 7.69. The van der Waals surface area contributed by atoms with E-state index in [1.807, 2.05) is 5.38 Å². The zero-order valence-corrected chi connectivity index (χ0v) is 28.3. The molecule has 5 rings (SSSR count). The Balaban J connectivity index is 0.000000337. The van der Waals surface area contributed by atoms with Gasteiger partial charge in [-0.3, -0.25) is 24.6 Å². The molecule has 0 aliphatic carbocycles. The Kier molecular flexibility index (Phi) is 12.9. The second-order valence-corrected chi connectivity index (χ2v) is 12.6. The van der Waals surface area contributed by atoms with Crippen LogP contribution in [0.2, 0.25) is 0 Å². The first kappa shape index (κ1) is 35.7. The average Bonchev–Trinajstić information content (AvgIpc) is 3.70. The van der Waals surface area contributed by atoms with Gasteiger partial charge in [-0.1, -0.05) is 27.7 Å². The van der Waals surface area contributed by atoms with Gasteiger partial charge in [0.2, 0.25) is 0 Å². The predicted molar refractivity (Wildman–Crippen MR) is 181 cm³/mol. The molecule has 0 spiro atoms. The smallest absolute Gasteiger partial charge is 0.384 e. The normalized spacial score (nSPS) is 17.4. The summed E-state index contributed by atoms with van der Waals surface area (Å²) in [5, 5.41) is 3.26. The maximum atomic E-state index is 14.0. The zero-order valence-electron chi connectivity index (χ0n) is 26.7. The number of thiazole rings is 2. The lowest BCUT2D eigenvalue weighted by molar-refractivity contribution is -0.137. The van der Waals surface area contributed by atoms with Crippen LogP contribution in [0.15, 0.2) is 34.9 Å². The van der Waals surface area contributed by atoms with Gasteiger partial charge >= 0.3 is 6.18 Å². The van der Waals surface area contributed by atoms with Crippen molar-refractivity contribution < 1.29 is 17.9 Å². The largest absolute Gasteiger partial charge is 0.417 e. The van der Waals surface area contributed by atoms with Crippen LogP contribution < -0.4 is 16.4 Å². The molecule has 16 heteroatoms. The van der Waals surface area contributed by atoms with Crippen molar-refractivity contribution in [2.45, 2.75) is 53.3 Å². The van der Waals surface area contributed by atoms with Crippen LogP contribution in [0.3, 0.4) is 0 Å². The molecule has 3 aromatic rings. The van der Waals surface area contributed by atoms with E-state index in [0.29, 0.717) is 42.3 Å². The van der Waals surface area contributed by atoms with Crippen molar-refractivity contribution in [2.75, 3.05) is 68.8 Å². The second kappa shape index (κ2) is 16.6. The Morgan fingerprint density at radius 2 is 1.65 bits per heavy atom. The first-order valence-electron chi connectivity index (χ1n) is 15.3. The van der Waals surface area contributed by atoms with Crippen molar-refractivity contribution >= 4 is 50.7 Å². The summed E-state index contributed by atoms with van der Waals surface area (Å²) in [6.45, 7) is 16.3. The van der Waals surface area contributed by atoms with Gasteiger partial charge in [0.1, 0.15) is 5.82 Å². The second-order valence-electron chi connectivity index (χ2n) is 10.6. The van der Waals surface area contributed by atoms with E-state index in [9.17, 15) is 13.2 Å². The molecular formula is C30H43F3N10OS2. The molecule has 4 N–H and O–H groups in total. The number of rotatable bonds is 11. The van der Waals surface area contributed by atoms with Gasteiger partial charge in [0, 0.05) is 60.6 Å². The summed E-state index contributed by atoms with van der Waals surface area (Å²) in [4.78, 5) is 26.9. The summed E-state index contributed by atoms with van der Waals surface area (Å²) in [6, 6.07) is 0.873. The molecule has 1 saturated heterocycles. The van der Waals surface area contributed by atoms with Crippen LogP contribution in [-0.4, -0.2) is 94.6 Å². The Labute approximate surface area is 276 Å². The summed E-state index contributed by atoms with van der Waals surface area (Å²) in [6.07, 6.45) is 0.944. The molecule has 0 aromatic carbocycles. The maximum Gasteiger partial charge on any atom is 0.417 e. The van der Waals surface area contributed by atoms with Crippen LogP contribution >= 0.6 is 22.7 Å². The highest BCUT2D eigenvalue weighted by molar-refractivity contribution is 7.15. The highest BCUT2D eigenvalue weighted by Gasteiger charge is 2.39. The first-order valence-corrected chi connectivity index (χ1v) is 17.0. The number of halogens is 3. The molecule has 1 atom stereocenters. The van der Waals surface area contributed by atoms with Crippen molar-refractivity contribution in [3.63, 3.8) is 0 Å². The number of nitrogens with two attached hydrogens (primary N) is 2. The molecule has 0 radical (unpaired) electrons. The minimum absolute atomic E-state index is 0.0633. The summed E-state index contributed by atoms with van der Waals surface area (Å²) in [5.74, 6) is -0.187. The molecule has 0 bridgehead atoms. The molecule has 0 amide bonds. The molecule has 252 valence electrons. The number of nitrogen functional groups attached to an aromatic ring is 2. The van der Waals surface area contributed by atoms with Crippen molar-refractivity contribution in [1.82, 2.24) is 29.7 Å². The lowest BCUT2D eigenvalue weighted by Gasteiger charge is -2.41.